The van der Waals surface area contributed by atoms with Gasteiger partial charge in [-0.1, -0.05) is 55.4 Å². The Balaban J connectivity index is 1.46. The zero-order valence-corrected chi connectivity index (χ0v) is 27.7. The molecular formula is C36H58O6. The van der Waals surface area contributed by atoms with Crippen molar-refractivity contribution in [3.05, 3.63) is 0 Å². The van der Waals surface area contributed by atoms with Crippen molar-refractivity contribution >= 4 is 17.9 Å². The van der Waals surface area contributed by atoms with Crippen molar-refractivity contribution < 1.29 is 29.0 Å². The standard InChI is InChI=1S/C36H58O6/c1-9-10-29(39)42-27-15-16-33(6)25(32(27,4)5)14-17-35(8)26(33)12-11-24-30-23(22(2)3)13-18-36(30,20-19-34(24,35)7)31(40)41-21-28(37)38/h22-27,30H,9-21H2,1-8H3,(H,37,38)/t23?,24?,25?,26?,27-,30?,33+,34-,35-,36+/m1/s1. The molecule has 0 spiro atoms. The molecule has 0 aromatic carbocycles. The summed E-state index contributed by atoms with van der Waals surface area (Å²) in [6, 6.07) is 0. The van der Waals surface area contributed by atoms with Gasteiger partial charge in [0.05, 0.1) is 5.41 Å². The Labute approximate surface area is 254 Å². The number of carbonyl (C=O) groups excluding carboxylic acids is 2. The van der Waals surface area contributed by atoms with Crippen molar-refractivity contribution in [2.75, 3.05) is 6.61 Å². The van der Waals surface area contributed by atoms with E-state index in [1.54, 1.807) is 0 Å². The number of aliphatic carboxylic acids is 1. The number of carbonyl (C=O) groups is 3. The van der Waals surface area contributed by atoms with E-state index in [4.69, 9.17) is 9.47 Å². The van der Waals surface area contributed by atoms with E-state index in [2.05, 4.69) is 48.5 Å². The topological polar surface area (TPSA) is 89.9 Å². The second-order valence-corrected chi connectivity index (χ2v) is 16.9. The number of fused-ring (bicyclic) bond motifs is 7. The van der Waals surface area contributed by atoms with Crippen LogP contribution in [0.5, 0.6) is 0 Å². The first-order valence-electron chi connectivity index (χ1n) is 17.2. The van der Waals surface area contributed by atoms with Crippen molar-refractivity contribution in [1.29, 1.82) is 0 Å². The highest BCUT2D eigenvalue weighted by Crippen LogP contribution is 2.77. The molecule has 5 aliphatic carbocycles. The third-order valence-electron chi connectivity index (χ3n) is 14.7. The lowest BCUT2D eigenvalue weighted by Gasteiger charge is -2.72. The summed E-state index contributed by atoms with van der Waals surface area (Å²) in [4.78, 5) is 37.6. The Morgan fingerprint density at radius 1 is 0.833 bits per heavy atom. The maximum Gasteiger partial charge on any atom is 0.341 e. The molecule has 5 rings (SSSR count). The second-order valence-electron chi connectivity index (χ2n) is 16.9. The molecule has 5 saturated carbocycles. The molecule has 0 aromatic heterocycles. The predicted octanol–water partition coefficient (Wildman–Crippen LogP) is 8.06. The Morgan fingerprint density at radius 2 is 1.55 bits per heavy atom. The smallest absolute Gasteiger partial charge is 0.341 e. The normalized spacial score (nSPS) is 45.6. The lowest BCUT2D eigenvalue weighted by atomic mass is 9.32. The number of esters is 2. The van der Waals surface area contributed by atoms with E-state index in [1.165, 1.54) is 12.8 Å². The van der Waals surface area contributed by atoms with E-state index in [-0.39, 0.29) is 45.6 Å². The average Bonchev–Trinajstić information content (AvgIpc) is 3.31. The second kappa shape index (κ2) is 10.8. The molecule has 6 nitrogen and oxygen atoms in total. The summed E-state index contributed by atoms with van der Waals surface area (Å²) in [5.41, 5.74) is -0.109. The van der Waals surface area contributed by atoms with E-state index in [0.29, 0.717) is 36.0 Å². The van der Waals surface area contributed by atoms with Crippen LogP contribution in [-0.4, -0.2) is 35.7 Å². The lowest BCUT2D eigenvalue weighted by molar-refractivity contribution is -0.252. The van der Waals surface area contributed by atoms with E-state index in [1.807, 2.05) is 6.92 Å². The van der Waals surface area contributed by atoms with Gasteiger partial charge in [-0.25, -0.2) is 4.79 Å². The molecule has 0 aromatic rings. The van der Waals surface area contributed by atoms with Crippen LogP contribution in [0.3, 0.4) is 0 Å². The Bertz CT molecular complexity index is 1080. The van der Waals surface area contributed by atoms with Crippen LogP contribution in [0.1, 0.15) is 132 Å². The molecule has 0 bridgehead atoms. The van der Waals surface area contributed by atoms with Crippen molar-refractivity contribution in [3.63, 3.8) is 0 Å². The monoisotopic (exact) mass is 586 g/mol. The van der Waals surface area contributed by atoms with Crippen LogP contribution in [0.15, 0.2) is 0 Å². The van der Waals surface area contributed by atoms with Crippen LogP contribution in [-0.2, 0) is 23.9 Å². The molecule has 0 radical (unpaired) electrons. The Kier molecular flexibility index (Phi) is 8.17. The fourth-order valence-corrected chi connectivity index (χ4v) is 12.6. The minimum Gasteiger partial charge on any atom is -0.479 e. The maximum absolute atomic E-state index is 13.8. The van der Waals surface area contributed by atoms with Crippen LogP contribution < -0.4 is 0 Å². The van der Waals surface area contributed by atoms with Crippen LogP contribution in [0.25, 0.3) is 0 Å². The van der Waals surface area contributed by atoms with E-state index in [9.17, 15) is 19.5 Å². The predicted molar refractivity (Wildman–Crippen MR) is 162 cm³/mol. The molecule has 6 heteroatoms. The number of rotatable bonds is 7. The first-order chi connectivity index (χ1) is 19.6. The summed E-state index contributed by atoms with van der Waals surface area (Å²) in [5.74, 6) is 1.39. The summed E-state index contributed by atoms with van der Waals surface area (Å²) >= 11 is 0. The highest BCUT2D eigenvalue weighted by atomic mass is 16.6. The average molecular weight is 587 g/mol. The first kappa shape index (κ1) is 31.8. The fourth-order valence-electron chi connectivity index (χ4n) is 12.6. The van der Waals surface area contributed by atoms with Crippen LogP contribution in [0, 0.1) is 62.6 Å². The lowest BCUT2D eigenvalue weighted by Crippen LogP contribution is -2.67. The highest BCUT2D eigenvalue weighted by Gasteiger charge is 2.72. The summed E-state index contributed by atoms with van der Waals surface area (Å²) in [6.45, 7) is 18.6. The maximum atomic E-state index is 13.8. The minimum atomic E-state index is -1.08. The van der Waals surface area contributed by atoms with E-state index >= 15 is 0 Å². The van der Waals surface area contributed by atoms with Crippen LogP contribution >= 0.6 is 0 Å². The summed E-state index contributed by atoms with van der Waals surface area (Å²) in [7, 11) is 0. The van der Waals surface area contributed by atoms with Gasteiger partial charge in [-0.3, -0.25) is 9.59 Å². The summed E-state index contributed by atoms with van der Waals surface area (Å²) < 4.78 is 11.6. The van der Waals surface area contributed by atoms with Gasteiger partial charge in [0.2, 0.25) is 0 Å². The van der Waals surface area contributed by atoms with Crippen LogP contribution in [0.2, 0.25) is 0 Å². The minimum absolute atomic E-state index is 0.0108. The van der Waals surface area contributed by atoms with Crippen molar-refractivity contribution in [2.45, 2.75) is 139 Å². The van der Waals surface area contributed by atoms with Gasteiger partial charge >= 0.3 is 17.9 Å². The van der Waals surface area contributed by atoms with Gasteiger partial charge in [-0.2, -0.15) is 0 Å². The van der Waals surface area contributed by atoms with E-state index < -0.39 is 18.0 Å². The molecule has 5 unspecified atom stereocenters. The van der Waals surface area contributed by atoms with Gasteiger partial charge in [0, 0.05) is 11.8 Å². The Hall–Kier alpha value is -1.59. The van der Waals surface area contributed by atoms with Gasteiger partial charge in [0.15, 0.2) is 6.61 Å². The zero-order valence-electron chi connectivity index (χ0n) is 27.7. The zero-order chi connectivity index (χ0) is 30.9. The van der Waals surface area contributed by atoms with Gasteiger partial charge in [-0.05, 0) is 122 Å². The van der Waals surface area contributed by atoms with Gasteiger partial charge < -0.3 is 14.6 Å². The number of carboxylic acids is 1. The third-order valence-corrected chi connectivity index (χ3v) is 14.7. The number of carboxylic acid groups (broad SMARTS) is 1. The molecule has 10 atom stereocenters. The molecule has 238 valence electrons. The molecule has 0 heterocycles. The van der Waals surface area contributed by atoms with Gasteiger partial charge in [0.25, 0.3) is 0 Å². The molecule has 42 heavy (non-hydrogen) atoms. The van der Waals surface area contributed by atoms with Gasteiger partial charge in [-0.15, -0.1) is 0 Å². The van der Waals surface area contributed by atoms with Crippen molar-refractivity contribution in [3.8, 4) is 0 Å². The number of hydrogen-bond acceptors (Lipinski definition) is 5. The summed E-state index contributed by atoms with van der Waals surface area (Å²) in [6.07, 6.45) is 11.7. The SMILES string of the molecule is CCCC(=O)O[C@@H]1CC[C@@]2(C)C(CC[C@]3(C)C2CCC2C4C(C(C)C)CC[C@]4(C(=O)OCC(=O)O)CC[C@]23C)C1(C)C. The molecule has 0 amide bonds. The van der Waals surface area contributed by atoms with Crippen molar-refractivity contribution in [1.82, 2.24) is 0 Å². The largest absolute Gasteiger partial charge is 0.479 e. The van der Waals surface area contributed by atoms with Crippen molar-refractivity contribution in [2.24, 2.45) is 62.6 Å². The molecule has 0 aliphatic heterocycles. The first-order valence-corrected chi connectivity index (χ1v) is 17.2. The molecule has 5 aliphatic rings. The van der Waals surface area contributed by atoms with Gasteiger partial charge in [0.1, 0.15) is 6.10 Å². The number of hydrogen-bond donors (Lipinski definition) is 1. The quantitative estimate of drug-likeness (QED) is 0.304. The third kappa shape index (κ3) is 4.49. The molecular weight excluding hydrogens is 528 g/mol. The van der Waals surface area contributed by atoms with E-state index in [0.717, 1.165) is 57.8 Å². The van der Waals surface area contributed by atoms with Crippen LogP contribution in [0.4, 0.5) is 0 Å². The summed E-state index contributed by atoms with van der Waals surface area (Å²) in [5, 5.41) is 9.27. The fraction of sp³-hybridized carbons (Fsp3) is 0.917. The molecule has 5 fully saturated rings. The number of ether oxygens (including phenoxy) is 2. The Morgan fingerprint density at radius 3 is 2.19 bits per heavy atom. The molecule has 0 saturated heterocycles. The molecule has 1 N–H and O–H groups in total. The highest BCUT2D eigenvalue weighted by molar-refractivity contribution is 5.81.